The molecule has 2 saturated heterocycles. The van der Waals surface area contributed by atoms with E-state index in [9.17, 15) is 0 Å². The molecule has 0 aliphatic carbocycles. The molecule has 2 aliphatic rings. The molecule has 0 bridgehead atoms. The van der Waals surface area contributed by atoms with Gasteiger partial charge >= 0.3 is 0 Å². The second kappa shape index (κ2) is 7.91. The third-order valence-corrected chi connectivity index (χ3v) is 6.27. The summed E-state index contributed by atoms with van der Waals surface area (Å²) >= 11 is 0. The summed E-state index contributed by atoms with van der Waals surface area (Å²) in [5.74, 6) is 1.60. The van der Waals surface area contributed by atoms with E-state index < -0.39 is 0 Å². The summed E-state index contributed by atoms with van der Waals surface area (Å²) < 4.78 is 11.2. The highest BCUT2D eigenvalue weighted by molar-refractivity contribution is 5.71. The van der Waals surface area contributed by atoms with Crippen molar-refractivity contribution in [3.63, 3.8) is 0 Å². The van der Waals surface area contributed by atoms with Crippen LogP contribution in [0, 0.1) is 5.41 Å². The zero-order valence-corrected chi connectivity index (χ0v) is 16.5. The Morgan fingerprint density at radius 1 is 0.963 bits per heavy atom. The van der Waals surface area contributed by atoms with E-state index in [0.717, 1.165) is 18.0 Å². The number of likely N-dealkylation sites (tertiary alicyclic amines) is 1. The number of benzene rings is 2. The fourth-order valence-corrected chi connectivity index (χ4v) is 4.71. The first-order chi connectivity index (χ1) is 13.2. The molecule has 27 heavy (non-hydrogen) atoms. The minimum Gasteiger partial charge on any atom is -0.493 e. The molecule has 0 atom stereocenters. The second-order valence-corrected chi connectivity index (χ2v) is 7.94. The first-order valence-electron chi connectivity index (χ1n) is 9.96. The van der Waals surface area contributed by atoms with E-state index in [4.69, 9.17) is 9.47 Å². The standard InChI is InChI=1S/C23H30N2O2/c1-26-21-14-19(16-25-13-10-23(17-25)8-11-24-12-9-23)20(15-22(21)27-2)18-6-4-3-5-7-18/h3-7,14-15,24H,8-13,16-17H2,1-2H3. The van der Waals surface area contributed by atoms with Crippen LogP contribution in [0.2, 0.25) is 0 Å². The monoisotopic (exact) mass is 366 g/mol. The van der Waals surface area contributed by atoms with Gasteiger partial charge in [0.25, 0.3) is 0 Å². The van der Waals surface area contributed by atoms with E-state index >= 15 is 0 Å². The lowest BCUT2D eigenvalue weighted by molar-refractivity contribution is 0.194. The highest BCUT2D eigenvalue weighted by atomic mass is 16.5. The number of rotatable bonds is 5. The largest absolute Gasteiger partial charge is 0.493 e. The molecule has 4 heteroatoms. The fraction of sp³-hybridized carbons (Fsp3) is 0.478. The molecule has 2 aromatic rings. The van der Waals surface area contributed by atoms with Crippen molar-refractivity contribution in [2.75, 3.05) is 40.4 Å². The van der Waals surface area contributed by atoms with Gasteiger partial charge in [0, 0.05) is 13.1 Å². The Morgan fingerprint density at radius 3 is 2.37 bits per heavy atom. The van der Waals surface area contributed by atoms with E-state index in [1.807, 2.05) is 0 Å². The summed E-state index contributed by atoms with van der Waals surface area (Å²) in [7, 11) is 3.41. The van der Waals surface area contributed by atoms with Crippen LogP contribution in [-0.4, -0.2) is 45.3 Å². The summed E-state index contributed by atoms with van der Waals surface area (Å²) in [5.41, 5.74) is 4.29. The van der Waals surface area contributed by atoms with Gasteiger partial charge in [0.1, 0.15) is 0 Å². The van der Waals surface area contributed by atoms with Gasteiger partial charge in [0.2, 0.25) is 0 Å². The zero-order chi connectivity index (χ0) is 18.7. The average molecular weight is 367 g/mol. The first-order valence-corrected chi connectivity index (χ1v) is 9.96. The van der Waals surface area contributed by atoms with Crippen LogP contribution in [0.5, 0.6) is 11.5 Å². The quantitative estimate of drug-likeness (QED) is 0.869. The molecular formula is C23H30N2O2. The number of hydrogen-bond donors (Lipinski definition) is 1. The lowest BCUT2D eigenvalue weighted by Gasteiger charge is -2.34. The number of hydrogen-bond acceptors (Lipinski definition) is 4. The molecule has 4 nitrogen and oxygen atoms in total. The van der Waals surface area contributed by atoms with Crippen LogP contribution in [0.3, 0.4) is 0 Å². The molecule has 2 fully saturated rings. The summed E-state index contributed by atoms with van der Waals surface area (Å²) in [6.07, 6.45) is 3.94. The molecule has 4 rings (SSSR count). The Balaban J connectivity index is 1.63. The summed E-state index contributed by atoms with van der Waals surface area (Å²) in [4.78, 5) is 2.62. The second-order valence-electron chi connectivity index (χ2n) is 7.94. The van der Waals surface area contributed by atoms with Gasteiger partial charge in [-0.15, -0.1) is 0 Å². The van der Waals surface area contributed by atoms with Crippen molar-refractivity contribution in [3.8, 4) is 22.6 Å². The van der Waals surface area contributed by atoms with Gasteiger partial charge in [0.05, 0.1) is 14.2 Å². The van der Waals surface area contributed by atoms with E-state index in [2.05, 4.69) is 52.7 Å². The Hall–Kier alpha value is -2.04. The number of nitrogens with zero attached hydrogens (tertiary/aromatic N) is 1. The van der Waals surface area contributed by atoms with E-state index in [1.54, 1.807) is 14.2 Å². The van der Waals surface area contributed by atoms with Gasteiger partial charge in [-0.2, -0.15) is 0 Å². The van der Waals surface area contributed by atoms with Crippen LogP contribution in [0.1, 0.15) is 24.8 Å². The van der Waals surface area contributed by atoms with Crippen LogP contribution in [-0.2, 0) is 6.54 Å². The van der Waals surface area contributed by atoms with Crippen molar-refractivity contribution in [3.05, 3.63) is 48.0 Å². The molecule has 1 spiro atoms. The zero-order valence-electron chi connectivity index (χ0n) is 16.5. The van der Waals surface area contributed by atoms with Crippen LogP contribution in [0.15, 0.2) is 42.5 Å². The van der Waals surface area contributed by atoms with Gasteiger partial charge < -0.3 is 14.8 Å². The van der Waals surface area contributed by atoms with Crippen molar-refractivity contribution in [2.45, 2.75) is 25.8 Å². The SMILES string of the molecule is COc1cc(CN2CCC3(CCNCC3)C2)c(-c2ccccc2)cc1OC. The van der Waals surface area contributed by atoms with Gasteiger partial charge in [-0.3, -0.25) is 4.90 Å². The van der Waals surface area contributed by atoms with Crippen LogP contribution < -0.4 is 14.8 Å². The lowest BCUT2D eigenvalue weighted by atomic mass is 9.78. The number of piperidine rings is 1. The number of methoxy groups -OCH3 is 2. The highest BCUT2D eigenvalue weighted by Gasteiger charge is 2.38. The number of ether oxygens (including phenoxy) is 2. The molecule has 0 unspecified atom stereocenters. The van der Waals surface area contributed by atoms with Crippen LogP contribution in [0.25, 0.3) is 11.1 Å². The molecule has 1 N–H and O–H groups in total. The Morgan fingerprint density at radius 2 is 1.67 bits per heavy atom. The summed E-state index contributed by atoms with van der Waals surface area (Å²) in [6, 6.07) is 14.9. The predicted molar refractivity (Wildman–Crippen MR) is 109 cm³/mol. The Bertz CT molecular complexity index is 769. The van der Waals surface area contributed by atoms with Gasteiger partial charge in [-0.25, -0.2) is 0 Å². The lowest BCUT2D eigenvalue weighted by Crippen LogP contribution is -2.38. The predicted octanol–water partition coefficient (Wildman–Crippen LogP) is 3.95. The third-order valence-electron chi connectivity index (χ3n) is 6.27. The van der Waals surface area contributed by atoms with Gasteiger partial charge in [-0.1, -0.05) is 30.3 Å². The van der Waals surface area contributed by atoms with Crippen molar-refractivity contribution in [1.82, 2.24) is 10.2 Å². The topological polar surface area (TPSA) is 33.7 Å². The maximum Gasteiger partial charge on any atom is 0.161 e. The van der Waals surface area contributed by atoms with Crippen LogP contribution in [0.4, 0.5) is 0 Å². The molecule has 2 aliphatic heterocycles. The molecule has 0 aromatic heterocycles. The van der Waals surface area contributed by atoms with E-state index in [-0.39, 0.29) is 0 Å². The van der Waals surface area contributed by atoms with Crippen LogP contribution >= 0.6 is 0 Å². The van der Waals surface area contributed by atoms with Crippen molar-refractivity contribution in [1.29, 1.82) is 0 Å². The first kappa shape index (κ1) is 18.3. The molecular weight excluding hydrogens is 336 g/mol. The van der Waals surface area contributed by atoms with Crippen molar-refractivity contribution >= 4 is 0 Å². The molecule has 0 radical (unpaired) electrons. The maximum atomic E-state index is 5.59. The van der Waals surface area contributed by atoms with Crippen molar-refractivity contribution < 1.29 is 9.47 Å². The smallest absolute Gasteiger partial charge is 0.161 e. The fourth-order valence-electron chi connectivity index (χ4n) is 4.71. The van der Waals surface area contributed by atoms with E-state index in [0.29, 0.717) is 5.41 Å². The summed E-state index contributed by atoms with van der Waals surface area (Å²) in [5, 5.41) is 3.51. The Kier molecular flexibility index (Phi) is 5.37. The maximum absolute atomic E-state index is 5.59. The van der Waals surface area contributed by atoms with E-state index in [1.165, 1.54) is 62.1 Å². The molecule has 2 heterocycles. The third kappa shape index (κ3) is 3.83. The summed E-state index contributed by atoms with van der Waals surface area (Å²) in [6.45, 7) is 5.68. The molecule has 0 saturated carbocycles. The number of nitrogens with one attached hydrogen (secondary N) is 1. The normalized spacial score (nSPS) is 19.3. The average Bonchev–Trinajstić information content (AvgIpc) is 3.10. The minimum absolute atomic E-state index is 0.523. The molecule has 0 amide bonds. The Labute approximate surface area is 162 Å². The molecule has 144 valence electrons. The van der Waals surface area contributed by atoms with Gasteiger partial charge in [0.15, 0.2) is 11.5 Å². The van der Waals surface area contributed by atoms with Gasteiger partial charge in [-0.05, 0) is 73.1 Å². The van der Waals surface area contributed by atoms with Crippen molar-refractivity contribution in [2.24, 2.45) is 5.41 Å². The highest BCUT2D eigenvalue weighted by Crippen LogP contribution is 2.41. The minimum atomic E-state index is 0.523. The molecule has 2 aromatic carbocycles.